The van der Waals surface area contributed by atoms with Crippen LogP contribution in [-0.2, 0) is 14.3 Å². The summed E-state index contributed by atoms with van der Waals surface area (Å²) < 4.78 is 18.3. The third-order valence-corrected chi connectivity index (χ3v) is 3.98. The highest BCUT2D eigenvalue weighted by Crippen LogP contribution is 2.29. The molecular formula is C16H22FN3O3. The summed E-state index contributed by atoms with van der Waals surface area (Å²) in [7, 11) is 1.56. The normalized spacial score (nSPS) is 16.6. The zero-order chi connectivity index (χ0) is 16.7. The van der Waals surface area contributed by atoms with Crippen molar-refractivity contribution in [2.75, 3.05) is 38.7 Å². The Morgan fingerprint density at radius 2 is 2.09 bits per heavy atom. The van der Waals surface area contributed by atoms with Crippen molar-refractivity contribution < 1.29 is 18.7 Å². The number of rotatable bonds is 6. The van der Waals surface area contributed by atoms with Gasteiger partial charge >= 0.3 is 0 Å². The van der Waals surface area contributed by atoms with E-state index < -0.39 is 17.1 Å². The third kappa shape index (κ3) is 4.74. The molecule has 1 fully saturated rings. The quantitative estimate of drug-likeness (QED) is 0.727. The van der Waals surface area contributed by atoms with Crippen molar-refractivity contribution in [2.24, 2.45) is 5.41 Å². The molecule has 1 aromatic carbocycles. The van der Waals surface area contributed by atoms with Crippen LogP contribution in [0.4, 0.5) is 10.1 Å². The lowest BCUT2D eigenvalue weighted by Gasteiger charge is -2.35. The summed E-state index contributed by atoms with van der Waals surface area (Å²) in [5.74, 6) is -1.01. The summed E-state index contributed by atoms with van der Waals surface area (Å²) in [5.41, 5.74) is -0.239. The van der Waals surface area contributed by atoms with Crippen LogP contribution in [0.1, 0.15) is 12.8 Å². The summed E-state index contributed by atoms with van der Waals surface area (Å²) in [6.07, 6.45) is 1.33. The molecule has 0 spiro atoms. The summed E-state index contributed by atoms with van der Waals surface area (Å²) in [6, 6.07) is 5.61. The number of carbonyl (C=O) groups excluding carboxylic acids is 2. The van der Waals surface area contributed by atoms with Crippen molar-refractivity contribution in [3.8, 4) is 0 Å². The van der Waals surface area contributed by atoms with Crippen molar-refractivity contribution in [3.63, 3.8) is 0 Å². The van der Waals surface area contributed by atoms with Gasteiger partial charge in [0.2, 0.25) is 11.8 Å². The van der Waals surface area contributed by atoms with Crippen LogP contribution >= 0.6 is 0 Å². The summed E-state index contributed by atoms with van der Waals surface area (Å²) in [5, 5.41) is 8.41. The number of nitrogens with one attached hydrogen (secondary N) is 3. The Balaban J connectivity index is 1.88. The average Bonchev–Trinajstić information content (AvgIpc) is 2.54. The number of carbonyl (C=O) groups is 2. The van der Waals surface area contributed by atoms with E-state index in [1.165, 1.54) is 18.2 Å². The van der Waals surface area contributed by atoms with Gasteiger partial charge in [-0.25, -0.2) is 4.39 Å². The molecule has 126 valence electrons. The molecule has 1 aliphatic heterocycles. The summed E-state index contributed by atoms with van der Waals surface area (Å²) in [6.45, 7) is 1.65. The molecule has 23 heavy (non-hydrogen) atoms. The van der Waals surface area contributed by atoms with Crippen molar-refractivity contribution >= 4 is 17.5 Å². The van der Waals surface area contributed by atoms with Crippen LogP contribution in [0.25, 0.3) is 0 Å². The number of ether oxygens (including phenoxy) is 1. The molecule has 0 bridgehead atoms. The van der Waals surface area contributed by atoms with Gasteiger partial charge in [-0.05, 0) is 44.1 Å². The molecule has 1 aliphatic rings. The second-order valence-electron chi connectivity index (χ2n) is 5.70. The fourth-order valence-electron chi connectivity index (χ4n) is 2.74. The number of amides is 2. The van der Waals surface area contributed by atoms with Gasteiger partial charge in [0, 0.05) is 12.8 Å². The monoisotopic (exact) mass is 323 g/mol. The lowest BCUT2D eigenvalue weighted by Crippen LogP contribution is -2.51. The number of anilines is 1. The Morgan fingerprint density at radius 3 is 2.74 bits per heavy atom. The number of halogens is 1. The Labute approximate surface area is 134 Å². The van der Waals surface area contributed by atoms with E-state index in [4.69, 9.17) is 4.74 Å². The van der Waals surface area contributed by atoms with Gasteiger partial charge in [0.15, 0.2) is 0 Å². The van der Waals surface area contributed by atoms with Gasteiger partial charge in [-0.3, -0.25) is 9.59 Å². The van der Waals surface area contributed by atoms with Crippen LogP contribution in [0.3, 0.4) is 0 Å². The van der Waals surface area contributed by atoms with Gasteiger partial charge in [0.25, 0.3) is 0 Å². The molecule has 2 amide bonds. The Kier molecular flexibility index (Phi) is 6.06. The van der Waals surface area contributed by atoms with Crippen molar-refractivity contribution in [3.05, 3.63) is 30.1 Å². The lowest BCUT2D eigenvalue weighted by molar-refractivity contribution is -0.137. The van der Waals surface area contributed by atoms with E-state index in [9.17, 15) is 14.0 Å². The number of hydrogen-bond donors (Lipinski definition) is 3. The van der Waals surface area contributed by atoms with Gasteiger partial charge in [0.1, 0.15) is 5.82 Å². The first-order valence-corrected chi connectivity index (χ1v) is 7.59. The van der Waals surface area contributed by atoms with Crippen LogP contribution in [0.5, 0.6) is 0 Å². The second-order valence-corrected chi connectivity index (χ2v) is 5.70. The van der Waals surface area contributed by atoms with Gasteiger partial charge in [-0.1, -0.05) is 6.07 Å². The second kappa shape index (κ2) is 8.03. The number of hydrogen-bond acceptors (Lipinski definition) is 4. The fraction of sp³-hybridized carbons (Fsp3) is 0.500. The van der Waals surface area contributed by atoms with Gasteiger partial charge < -0.3 is 20.7 Å². The molecule has 6 nitrogen and oxygen atoms in total. The molecule has 0 radical (unpaired) electrons. The molecule has 7 heteroatoms. The molecule has 0 unspecified atom stereocenters. The highest BCUT2D eigenvalue weighted by molar-refractivity contribution is 5.95. The summed E-state index contributed by atoms with van der Waals surface area (Å²) in [4.78, 5) is 24.3. The molecule has 1 saturated heterocycles. The molecule has 2 rings (SSSR count). The predicted molar refractivity (Wildman–Crippen MR) is 84.5 cm³/mol. The largest absolute Gasteiger partial charge is 0.384 e. The first-order chi connectivity index (χ1) is 11.1. The zero-order valence-corrected chi connectivity index (χ0v) is 13.2. The molecular weight excluding hydrogens is 301 g/mol. The topological polar surface area (TPSA) is 79.5 Å². The molecule has 1 aromatic rings. The maximum absolute atomic E-state index is 13.1. The number of methoxy groups -OCH3 is 1. The van der Waals surface area contributed by atoms with Gasteiger partial charge in [0.05, 0.1) is 18.6 Å². The van der Waals surface area contributed by atoms with Crippen LogP contribution in [0, 0.1) is 11.2 Å². The maximum atomic E-state index is 13.1. The van der Waals surface area contributed by atoms with Crippen LogP contribution in [-0.4, -0.2) is 45.2 Å². The van der Waals surface area contributed by atoms with E-state index in [-0.39, 0.29) is 12.5 Å². The molecule has 3 N–H and O–H groups in total. The Morgan fingerprint density at radius 1 is 1.35 bits per heavy atom. The zero-order valence-electron chi connectivity index (χ0n) is 13.2. The van der Waals surface area contributed by atoms with Crippen LogP contribution in [0.15, 0.2) is 24.3 Å². The first kappa shape index (κ1) is 17.4. The van der Waals surface area contributed by atoms with Crippen molar-refractivity contribution in [1.29, 1.82) is 0 Å². The highest BCUT2D eigenvalue weighted by atomic mass is 19.1. The predicted octanol–water partition coefficient (Wildman–Crippen LogP) is 0.897. The molecule has 0 aliphatic carbocycles. The first-order valence-electron chi connectivity index (χ1n) is 7.59. The highest BCUT2D eigenvalue weighted by Gasteiger charge is 2.39. The summed E-state index contributed by atoms with van der Waals surface area (Å²) >= 11 is 0. The van der Waals surface area contributed by atoms with E-state index in [0.29, 0.717) is 25.1 Å². The van der Waals surface area contributed by atoms with Crippen molar-refractivity contribution in [1.82, 2.24) is 10.6 Å². The number of benzene rings is 1. The molecule has 0 saturated carbocycles. The average molecular weight is 323 g/mol. The molecule has 1 heterocycles. The van der Waals surface area contributed by atoms with E-state index in [1.54, 1.807) is 13.2 Å². The van der Waals surface area contributed by atoms with Crippen LogP contribution in [0.2, 0.25) is 0 Å². The number of piperidine rings is 1. The molecule has 0 atom stereocenters. The minimum Gasteiger partial charge on any atom is -0.384 e. The van der Waals surface area contributed by atoms with E-state index in [1.807, 2.05) is 0 Å². The Hall–Kier alpha value is -1.99. The lowest BCUT2D eigenvalue weighted by atomic mass is 9.78. The maximum Gasteiger partial charge on any atom is 0.243 e. The SMILES string of the molecule is COCC1(C(=O)NCC(=O)Nc2cccc(F)c2)CCNCC1. The van der Waals surface area contributed by atoms with E-state index in [2.05, 4.69) is 16.0 Å². The van der Waals surface area contributed by atoms with Gasteiger partial charge in [-0.15, -0.1) is 0 Å². The minimum absolute atomic E-state index is 0.158. The van der Waals surface area contributed by atoms with E-state index in [0.717, 1.165) is 13.1 Å². The Bertz CT molecular complexity index is 554. The van der Waals surface area contributed by atoms with Crippen molar-refractivity contribution in [2.45, 2.75) is 12.8 Å². The van der Waals surface area contributed by atoms with E-state index >= 15 is 0 Å². The fourth-order valence-corrected chi connectivity index (χ4v) is 2.74. The third-order valence-electron chi connectivity index (χ3n) is 3.98. The smallest absolute Gasteiger partial charge is 0.243 e. The molecule has 0 aromatic heterocycles. The minimum atomic E-state index is -0.598. The van der Waals surface area contributed by atoms with Crippen LogP contribution < -0.4 is 16.0 Å². The van der Waals surface area contributed by atoms with Gasteiger partial charge in [-0.2, -0.15) is 0 Å². The standard InChI is InChI=1S/C16H22FN3O3/c1-23-11-16(5-7-18-8-6-16)15(22)19-10-14(21)20-13-4-2-3-12(17)9-13/h2-4,9,18H,5-8,10-11H2,1H3,(H,19,22)(H,20,21).